The Morgan fingerprint density at radius 2 is 0.500 bits per heavy atom. The van der Waals surface area contributed by atoms with Crippen LogP contribution in [0.4, 0.5) is 85.3 Å². The van der Waals surface area contributed by atoms with E-state index in [4.69, 9.17) is 34.8 Å². The summed E-state index contributed by atoms with van der Waals surface area (Å²) in [5.74, 6) is 0. The van der Waals surface area contributed by atoms with E-state index in [9.17, 15) is 0 Å². The van der Waals surface area contributed by atoms with E-state index in [2.05, 4.69) is 370 Å². The highest BCUT2D eigenvalue weighted by molar-refractivity contribution is 9.11. The molecule has 0 fully saturated rings. The summed E-state index contributed by atoms with van der Waals surface area (Å²) in [5.41, 5.74) is 17.0. The summed E-state index contributed by atoms with van der Waals surface area (Å²) in [4.78, 5) is 11.3. The van der Waals surface area contributed by atoms with Crippen molar-refractivity contribution >= 4 is 216 Å². The van der Waals surface area contributed by atoms with Gasteiger partial charge in [0.15, 0.2) is 0 Å². The number of hydrogen-bond acceptors (Lipinski definition) is 8. The van der Waals surface area contributed by atoms with Gasteiger partial charge in [-0.1, -0.05) is 279 Å². The zero-order chi connectivity index (χ0) is 70.7. The zero-order valence-electron chi connectivity index (χ0n) is 55.9. The molecule has 0 saturated carbocycles. The fourth-order valence-electron chi connectivity index (χ4n) is 13.0. The Hall–Kier alpha value is -10.2. The number of anilines is 15. The predicted molar refractivity (Wildman–Crippen MR) is 459 cm³/mol. The number of hydrogen-bond donors (Lipinski definition) is 0. The largest absolute Gasteiger partial charge is 0.309 e. The van der Waals surface area contributed by atoms with Crippen molar-refractivity contribution in [3.63, 3.8) is 0 Å². The molecule has 0 radical (unpaired) electrons. The third-order valence-corrected chi connectivity index (χ3v) is 22.8. The van der Waals surface area contributed by atoms with E-state index in [0.717, 1.165) is 111 Å². The SMILES string of the molecule is Brc1cccc(Br)c1.Clc1c(Cc2ccccc2)cccc1N(c1ccccc1)c1csc2ccccc12.Clc1c(N(c2ccccc2)c2cccc(N(c3ccccc3)c3cccc(N(c4ccccc4)c4csc5ccccc45)c3Cl)c2)cccc1N(c1ccccc1)c1csc2ccccc12. The summed E-state index contributed by atoms with van der Waals surface area (Å²) < 4.78 is 5.90. The molecule has 17 rings (SSSR count). The lowest BCUT2D eigenvalue weighted by Gasteiger charge is -2.32. The highest BCUT2D eigenvalue weighted by Gasteiger charge is 2.28. The molecule has 17 aromatic rings. The van der Waals surface area contributed by atoms with Gasteiger partial charge in [-0.05, 0) is 163 Å². The van der Waals surface area contributed by atoms with E-state index in [1.54, 1.807) is 34.0 Å². The first-order valence-corrected chi connectivity index (χ1v) is 39.1. The van der Waals surface area contributed by atoms with Crippen molar-refractivity contribution < 1.29 is 0 Å². The maximum Gasteiger partial charge on any atom is 0.0887 e. The van der Waals surface area contributed by atoms with Crippen LogP contribution < -0.4 is 24.5 Å². The van der Waals surface area contributed by atoms with Crippen LogP contribution in [-0.4, -0.2) is 0 Å². The lowest BCUT2D eigenvalue weighted by Crippen LogP contribution is -2.16. The molecule has 0 bridgehead atoms. The Morgan fingerprint density at radius 3 is 0.846 bits per heavy atom. The van der Waals surface area contributed by atoms with Crippen LogP contribution in [0, 0.1) is 0 Å². The number of para-hydroxylation sites is 5. The molecule has 0 N–H and O–H groups in total. The molecule has 0 atom stereocenters. The van der Waals surface area contributed by atoms with Gasteiger partial charge in [0.25, 0.3) is 0 Å². The van der Waals surface area contributed by atoms with Crippen molar-refractivity contribution in [3.8, 4) is 0 Å². The Morgan fingerprint density at radius 1 is 0.231 bits per heavy atom. The molecule has 0 aliphatic carbocycles. The van der Waals surface area contributed by atoms with E-state index < -0.39 is 0 Å². The first-order valence-electron chi connectivity index (χ1n) is 33.8. The van der Waals surface area contributed by atoms with Gasteiger partial charge in [-0.3, -0.25) is 0 Å². The number of thiophene rings is 3. The van der Waals surface area contributed by atoms with Gasteiger partial charge in [0.2, 0.25) is 0 Å². The lowest BCUT2D eigenvalue weighted by molar-refractivity contribution is 1.18. The van der Waals surface area contributed by atoms with Crippen LogP contribution in [0.1, 0.15) is 11.1 Å². The molecule has 0 saturated heterocycles. The van der Waals surface area contributed by atoms with E-state index in [1.807, 2.05) is 60.7 Å². The van der Waals surface area contributed by atoms with E-state index in [1.165, 1.54) is 35.8 Å². The van der Waals surface area contributed by atoms with Gasteiger partial charge in [0.1, 0.15) is 0 Å². The van der Waals surface area contributed by atoms with Gasteiger partial charge in [0.05, 0.1) is 60.6 Å². The first-order chi connectivity index (χ1) is 51.2. The Balaban J connectivity index is 0.000000188. The molecule has 0 spiro atoms. The number of halogens is 5. The van der Waals surface area contributed by atoms with Gasteiger partial charge in [-0.15, -0.1) is 34.0 Å². The molecule has 0 unspecified atom stereocenters. The maximum atomic E-state index is 7.80. The molecular formula is C91H64Br2Cl3N5S3. The minimum atomic E-state index is 0.614. The molecule has 0 aliphatic heterocycles. The van der Waals surface area contributed by atoms with E-state index >= 15 is 0 Å². The van der Waals surface area contributed by atoms with E-state index in [0.29, 0.717) is 10.0 Å². The topological polar surface area (TPSA) is 16.2 Å². The molecule has 13 heteroatoms. The standard InChI is InChI=1S/C58H40Cl2N4S2.C27H20ClNS.C6H4Br2/c59-57-49(32-18-34-51(57)63(43-24-9-3-10-25-43)53-39-65-55-36-15-13-30-47(53)55)61(41-20-5-1-6-21-41)45-28-17-29-46(38-45)62(42-22-7-2-8-23-42)50-33-19-35-52(58(50)60)64(44-26-11-4-12-27-44)54-40-66-56-37-16-14-31-48(54)56;28-27-21(18-20-10-3-1-4-11-20)12-9-16-24(27)29(22-13-5-2-6-14-22)25-19-30-26-17-8-7-15-23(25)26;7-5-2-1-3-6(8)4-5/h1-40H;1-17,19H,18H2;1-4H. The van der Waals surface area contributed by atoms with Crippen molar-refractivity contribution in [2.75, 3.05) is 24.5 Å². The van der Waals surface area contributed by atoms with Gasteiger partial charge in [0, 0.05) is 95.2 Å². The lowest BCUT2D eigenvalue weighted by atomic mass is 10.0. The molecule has 5 nitrogen and oxygen atoms in total. The number of fused-ring (bicyclic) bond motifs is 3. The molecule has 14 aromatic carbocycles. The normalized spacial score (nSPS) is 11.0. The third-order valence-electron chi connectivity index (χ3n) is 17.7. The highest BCUT2D eigenvalue weighted by Crippen LogP contribution is 2.53. The summed E-state index contributed by atoms with van der Waals surface area (Å²) in [6.07, 6.45) is 0.806. The first kappa shape index (κ1) is 69.5. The van der Waals surface area contributed by atoms with Gasteiger partial charge in [-0.25, -0.2) is 0 Å². The van der Waals surface area contributed by atoms with Crippen LogP contribution in [0.25, 0.3) is 30.3 Å². The van der Waals surface area contributed by atoms with Crippen LogP contribution in [0.15, 0.2) is 383 Å². The minimum absolute atomic E-state index is 0.614. The second-order valence-corrected chi connectivity index (χ2v) is 30.0. The summed E-state index contributed by atoms with van der Waals surface area (Å²) in [6.45, 7) is 0. The van der Waals surface area contributed by atoms with Crippen molar-refractivity contribution in [2.24, 2.45) is 0 Å². The van der Waals surface area contributed by atoms with E-state index in [-0.39, 0.29) is 0 Å². The van der Waals surface area contributed by atoms with Crippen LogP contribution >= 0.6 is 101 Å². The van der Waals surface area contributed by atoms with Crippen LogP contribution in [-0.2, 0) is 6.42 Å². The van der Waals surface area contributed by atoms with Gasteiger partial charge < -0.3 is 24.5 Å². The smallest absolute Gasteiger partial charge is 0.0887 e. The fourth-order valence-corrected chi connectivity index (χ4v) is 17.8. The van der Waals surface area contributed by atoms with Crippen molar-refractivity contribution in [1.29, 1.82) is 0 Å². The van der Waals surface area contributed by atoms with Gasteiger partial charge >= 0.3 is 0 Å². The summed E-state index contributed by atoms with van der Waals surface area (Å²) in [7, 11) is 0. The molecule has 3 heterocycles. The van der Waals surface area contributed by atoms with Crippen LogP contribution in [0.5, 0.6) is 0 Å². The second-order valence-electron chi connectivity index (χ2n) is 24.3. The van der Waals surface area contributed by atoms with Gasteiger partial charge in [-0.2, -0.15) is 0 Å². The second kappa shape index (κ2) is 32.6. The molecule has 0 aliphatic rings. The third kappa shape index (κ3) is 15.1. The Kier molecular flexibility index (Phi) is 21.8. The fraction of sp³-hybridized carbons (Fsp3) is 0.0110. The zero-order valence-corrected chi connectivity index (χ0v) is 63.7. The summed E-state index contributed by atoms with van der Waals surface area (Å²) in [6, 6.07) is 124. The molecule has 0 amide bonds. The Bertz CT molecular complexity index is 5490. The summed E-state index contributed by atoms with van der Waals surface area (Å²) >= 11 is 34.5. The average Bonchev–Trinajstić information content (AvgIpc) is 1.51. The average molecular weight is 1590 g/mol. The van der Waals surface area contributed by atoms with Crippen molar-refractivity contribution in [1.82, 2.24) is 0 Å². The van der Waals surface area contributed by atoms with Crippen LogP contribution in [0.2, 0.25) is 15.1 Å². The molecule has 3 aromatic heterocycles. The van der Waals surface area contributed by atoms with Crippen molar-refractivity contribution in [2.45, 2.75) is 6.42 Å². The van der Waals surface area contributed by atoms with Crippen LogP contribution in [0.3, 0.4) is 0 Å². The van der Waals surface area contributed by atoms with Crippen molar-refractivity contribution in [3.05, 3.63) is 409 Å². The number of nitrogens with zero attached hydrogens (tertiary/aromatic N) is 5. The Labute approximate surface area is 650 Å². The maximum absolute atomic E-state index is 7.80. The molecular weight excluding hydrogens is 1530 g/mol. The monoisotopic (exact) mass is 1590 g/mol. The molecule has 104 heavy (non-hydrogen) atoms. The minimum Gasteiger partial charge on any atom is -0.309 e. The number of rotatable bonds is 17. The predicted octanol–water partition coefficient (Wildman–Crippen LogP) is 31.1. The quantitative estimate of drug-likeness (QED) is 0.0900. The summed E-state index contributed by atoms with van der Waals surface area (Å²) in [5, 5.41) is 12.2. The molecule has 506 valence electrons. The number of benzene rings is 14. The highest BCUT2D eigenvalue weighted by atomic mass is 79.9.